The summed E-state index contributed by atoms with van der Waals surface area (Å²) < 4.78 is 0. The molecular formula is C9H15N3. The van der Waals surface area contributed by atoms with E-state index in [1.165, 1.54) is 0 Å². The maximum atomic E-state index is 4.11. The van der Waals surface area contributed by atoms with Gasteiger partial charge in [0.2, 0.25) is 0 Å². The third-order valence-corrected chi connectivity index (χ3v) is 1.60. The fraction of sp³-hybridized carbons (Fsp3) is 0.444. The van der Waals surface area contributed by atoms with Crippen LogP contribution in [0.25, 0.3) is 0 Å². The molecule has 66 valence electrons. The zero-order valence-electron chi connectivity index (χ0n) is 7.59. The lowest BCUT2D eigenvalue weighted by molar-refractivity contribution is 0.823. The van der Waals surface area contributed by atoms with Crippen molar-refractivity contribution in [3.8, 4) is 0 Å². The van der Waals surface area contributed by atoms with Crippen LogP contribution in [-0.4, -0.2) is 25.1 Å². The minimum absolute atomic E-state index is 0.944. The van der Waals surface area contributed by atoms with Crippen LogP contribution in [0.15, 0.2) is 18.3 Å². The molecule has 1 aromatic rings. The van der Waals surface area contributed by atoms with Gasteiger partial charge in [-0.05, 0) is 26.1 Å². The number of nitrogens with one attached hydrogen (secondary N) is 2. The van der Waals surface area contributed by atoms with E-state index in [9.17, 15) is 0 Å². The van der Waals surface area contributed by atoms with E-state index in [0.717, 1.165) is 24.5 Å². The Bertz CT molecular complexity index is 235. The predicted octanol–water partition coefficient (Wildman–Crippen LogP) is 1.02. The normalized spacial score (nSPS) is 9.83. The van der Waals surface area contributed by atoms with Crippen LogP contribution in [0.2, 0.25) is 0 Å². The Balaban J connectivity index is 2.41. The fourth-order valence-corrected chi connectivity index (χ4v) is 0.987. The fourth-order valence-electron chi connectivity index (χ4n) is 0.987. The van der Waals surface area contributed by atoms with Crippen molar-refractivity contribution < 1.29 is 0 Å². The van der Waals surface area contributed by atoms with E-state index in [1.807, 2.05) is 32.3 Å². The van der Waals surface area contributed by atoms with Crippen molar-refractivity contribution in [1.82, 2.24) is 10.3 Å². The molecule has 0 aliphatic heterocycles. The first-order valence-corrected chi connectivity index (χ1v) is 4.14. The number of pyridine rings is 1. The van der Waals surface area contributed by atoms with Crippen LogP contribution >= 0.6 is 0 Å². The summed E-state index contributed by atoms with van der Waals surface area (Å²) >= 11 is 0. The highest BCUT2D eigenvalue weighted by molar-refractivity contribution is 5.42. The molecule has 0 bridgehead atoms. The van der Waals surface area contributed by atoms with Gasteiger partial charge in [-0.3, -0.25) is 4.98 Å². The molecule has 0 aromatic carbocycles. The molecule has 1 rings (SSSR count). The van der Waals surface area contributed by atoms with Crippen molar-refractivity contribution in [3.63, 3.8) is 0 Å². The standard InChI is InChI=1S/C9H15N3/c1-8-7-9(3-4-11-8)12-6-5-10-2/h3-4,7,10H,5-6H2,1-2H3,(H,11,12). The van der Waals surface area contributed by atoms with Gasteiger partial charge in [-0.2, -0.15) is 0 Å². The van der Waals surface area contributed by atoms with Gasteiger partial charge in [0.05, 0.1) is 0 Å². The minimum Gasteiger partial charge on any atom is -0.384 e. The summed E-state index contributed by atoms with van der Waals surface area (Å²) in [4.78, 5) is 4.11. The molecule has 0 radical (unpaired) electrons. The Kier molecular flexibility index (Phi) is 3.54. The Hall–Kier alpha value is -1.09. The first-order chi connectivity index (χ1) is 5.83. The molecule has 0 aliphatic rings. The summed E-state index contributed by atoms with van der Waals surface area (Å²) in [5.74, 6) is 0. The van der Waals surface area contributed by atoms with Crippen LogP contribution in [0, 0.1) is 6.92 Å². The summed E-state index contributed by atoms with van der Waals surface area (Å²) in [6.45, 7) is 3.91. The number of anilines is 1. The quantitative estimate of drug-likeness (QED) is 0.654. The number of hydrogen-bond acceptors (Lipinski definition) is 3. The van der Waals surface area contributed by atoms with Gasteiger partial charge in [-0.1, -0.05) is 0 Å². The van der Waals surface area contributed by atoms with Gasteiger partial charge in [0, 0.05) is 30.7 Å². The molecule has 0 unspecified atom stereocenters. The molecule has 0 aliphatic carbocycles. The first kappa shape index (κ1) is 9.00. The Morgan fingerprint density at radius 1 is 1.42 bits per heavy atom. The predicted molar refractivity (Wildman–Crippen MR) is 51.4 cm³/mol. The second-order valence-corrected chi connectivity index (χ2v) is 2.72. The van der Waals surface area contributed by atoms with E-state index < -0.39 is 0 Å². The van der Waals surface area contributed by atoms with Gasteiger partial charge in [0.15, 0.2) is 0 Å². The minimum atomic E-state index is 0.944. The highest BCUT2D eigenvalue weighted by Gasteiger charge is 1.90. The van der Waals surface area contributed by atoms with Crippen molar-refractivity contribution in [3.05, 3.63) is 24.0 Å². The average Bonchev–Trinajstić information content (AvgIpc) is 2.05. The molecule has 0 spiro atoms. The first-order valence-electron chi connectivity index (χ1n) is 4.14. The Labute approximate surface area is 73.2 Å². The largest absolute Gasteiger partial charge is 0.384 e. The lowest BCUT2D eigenvalue weighted by Crippen LogP contribution is -2.17. The molecular weight excluding hydrogens is 150 g/mol. The SMILES string of the molecule is CNCCNc1ccnc(C)c1. The molecule has 0 atom stereocenters. The number of rotatable bonds is 4. The topological polar surface area (TPSA) is 37.0 Å². The second kappa shape index (κ2) is 4.72. The molecule has 0 saturated carbocycles. The van der Waals surface area contributed by atoms with Crippen LogP contribution in [0.1, 0.15) is 5.69 Å². The maximum absolute atomic E-state index is 4.11. The van der Waals surface area contributed by atoms with Gasteiger partial charge in [0.1, 0.15) is 0 Å². The molecule has 3 heteroatoms. The number of nitrogens with zero attached hydrogens (tertiary/aromatic N) is 1. The van der Waals surface area contributed by atoms with Gasteiger partial charge in [0.25, 0.3) is 0 Å². The molecule has 0 saturated heterocycles. The van der Waals surface area contributed by atoms with E-state index in [1.54, 1.807) is 0 Å². The highest BCUT2D eigenvalue weighted by atomic mass is 14.9. The molecule has 1 aromatic heterocycles. The number of aryl methyl sites for hydroxylation is 1. The van der Waals surface area contributed by atoms with E-state index in [-0.39, 0.29) is 0 Å². The van der Waals surface area contributed by atoms with Crippen molar-refractivity contribution in [1.29, 1.82) is 0 Å². The molecule has 0 fully saturated rings. The van der Waals surface area contributed by atoms with Crippen LogP contribution < -0.4 is 10.6 Å². The van der Waals surface area contributed by atoms with Gasteiger partial charge in [-0.25, -0.2) is 0 Å². The van der Waals surface area contributed by atoms with Crippen molar-refractivity contribution >= 4 is 5.69 Å². The van der Waals surface area contributed by atoms with Crippen molar-refractivity contribution in [2.24, 2.45) is 0 Å². The van der Waals surface area contributed by atoms with Crippen LogP contribution in [0.3, 0.4) is 0 Å². The van der Waals surface area contributed by atoms with Crippen LogP contribution in [0.4, 0.5) is 5.69 Å². The number of hydrogen-bond donors (Lipinski definition) is 2. The molecule has 12 heavy (non-hydrogen) atoms. The van der Waals surface area contributed by atoms with E-state index in [4.69, 9.17) is 0 Å². The molecule has 0 amide bonds. The number of aromatic nitrogens is 1. The lowest BCUT2D eigenvalue weighted by atomic mass is 10.3. The molecule has 3 nitrogen and oxygen atoms in total. The van der Waals surface area contributed by atoms with Gasteiger partial charge < -0.3 is 10.6 Å². The second-order valence-electron chi connectivity index (χ2n) is 2.72. The van der Waals surface area contributed by atoms with Crippen LogP contribution in [0.5, 0.6) is 0 Å². The average molecular weight is 165 g/mol. The van der Waals surface area contributed by atoms with E-state index in [2.05, 4.69) is 15.6 Å². The highest BCUT2D eigenvalue weighted by Crippen LogP contribution is 2.05. The summed E-state index contributed by atoms with van der Waals surface area (Å²) in [7, 11) is 1.94. The third kappa shape index (κ3) is 2.88. The zero-order valence-corrected chi connectivity index (χ0v) is 7.59. The summed E-state index contributed by atoms with van der Waals surface area (Å²) in [6.07, 6.45) is 1.82. The smallest absolute Gasteiger partial charge is 0.0393 e. The number of likely N-dealkylation sites (N-methyl/N-ethyl adjacent to an activating group) is 1. The van der Waals surface area contributed by atoms with Crippen LogP contribution in [-0.2, 0) is 0 Å². The molecule has 2 N–H and O–H groups in total. The van der Waals surface area contributed by atoms with Crippen molar-refractivity contribution in [2.45, 2.75) is 6.92 Å². The monoisotopic (exact) mass is 165 g/mol. The van der Waals surface area contributed by atoms with Gasteiger partial charge >= 0.3 is 0 Å². The maximum Gasteiger partial charge on any atom is 0.0393 e. The Morgan fingerprint density at radius 3 is 2.92 bits per heavy atom. The summed E-state index contributed by atoms with van der Waals surface area (Å²) in [5, 5.41) is 6.36. The van der Waals surface area contributed by atoms with Crippen molar-refractivity contribution in [2.75, 3.05) is 25.5 Å². The van der Waals surface area contributed by atoms with Gasteiger partial charge in [-0.15, -0.1) is 0 Å². The lowest BCUT2D eigenvalue weighted by Gasteiger charge is -2.05. The van der Waals surface area contributed by atoms with E-state index >= 15 is 0 Å². The van der Waals surface area contributed by atoms with E-state index in [0.29, 0.717) is 0 Å². The Morgan fingerprint density at radius 2 is 2.25 bits per heavy atom. The summed E-state index contributed by atoms with van der Waals surface area (Å²) in [6, 6.07) is 4.01. The third-order valence-electron chi connectivity index (χ3n) is 1.60. The molecule has 1 heterocycles. The summed E-state index contributed by atoms with van der Waals surface area (Å²) in [5.41, 5.74) is 2.18. The zero-order chi connectivity index (χ0) is 8.81.